The van der Waals surface area contributed by atoms with Crippen molar-refractivity contribution in [3.63, 3.8) is 0 Å². The SMILES string of the molecule is N#CCOc1ccc(NC(=O)c2ccc(C#N)cc2)cc1. The van der Waals surface area contributed by atoms with Crippen LogP contribution in [-0.4, -0.2) is 12.5 Å². The molecule has 0 radical (unpaired) electrons. The van der Waals surface area contributed by atoms with Gasteiger partial charge in [0.05, 0.1) is 11.6 Å². The molecule has 0 spiro atoms. The van der Waals surface area contributed by atoms with Crippen molar-refractivity contribution in [3.8, 4) is 17.9 Å². The fourth-order valence-corrected chi connectivity index (χ4v) is 1.65. The van der Waals surface area contributed by atoms with Crippen LogP contribution in [0.5, 0.6) is 5.75 Å². The van der Waals surface area contributed by atoms with Crippen LogP contribution in [-0.2, 0) is 0 Å². The summed E-state index contributed by atoms with van der Waals surface area (Å²) >= 11 is 0. The minimum absolute atomic E-state index is 0.0169. The van der Waals surface area contributed by atoms with Crippen LogP contribution in [0.2, 0.25) is 0 Å². The fraction of sp³-hybridized carbons (Fsp3) is 0.0625. The number of hydrogen-bond donors (Lipinski definition) is 1. The average Bonchev–Trinajstić information content (AvgIpc) is 2.54. The highest BCUT2D eigenvalue weighted by atomic mass is 16.5. The van der Waals surface area contributed by atoms with Crippen molar-refractivity contribution >= 4 is 11.6 Å². The van der Waals surface area contributed by atoms with E-state index in [0.29, 0.717) is 22.6 Å². The number of carbonyl (C=O) groups excluding carboxylic acids is 1. The van der Waals surface area contributed by atoms with Crippen molar-refractivity contribution in [1.82, 2.24) is 0 Å². The molecule has 0 unspecified atom stereocenters. The lowest BCUT2D eigenvalue weighted by molar-refractivity contribution is 0.102. The molecule has 0 aliphatic rings. The second-order valence-corrected chi connectivity index (χ2v) is 4.11. The predicted octanol–water partition coefficient (Wildman–Crippen LogP) is 2.71. The Morgan fingerprint density at radius 1 is 1.05 bits per heavy atom. The summed E-state index contributed by atoms with van der Waals surface area (Å²) in [5, 5.41) is 19.9. The van der Waals surface area contributed by atoms with E-state index in [-0.39, 0.29) is 12.5 Å². The Hall–Kier alpha value is -3.31. The highest BCUT2D eigenvalue weighted by Gasteiger charge is 2.06. The standard InChI is InChI=1S/C16H11N3O2/c17-9-10-21-15-7-5-14(6-8-15)19-16(20)13-3-1-12(11-18)2-4-13/h1-8H,10H2,(H,19,20). The molecule has 0 aliphatic carbocycles. The number of amides is 1. The molecule has 1 N–H and O–H groups in total. The topological polar surface area (TPSA) is 85.9 Å². The lowest BCUT2D eigenvalue weighted by atomic mass is 10.1. The molecule has 0 aromatic heterocycles. The van der Waals surface area contributed by atoms with E-state index in [4.69, 9.17) is 15.3 Å². The molecule has 2 aromatic carbocycles. The second kappa shape index (κ2) is 6.74. The fourth-order valence-electron chi connectivity index (χ4n) is 1.65. The van der Waals surface area contributed by atoms with Gasteiger partial charge in [-0.1, -0.05) is 0 Å². The summed E-state index contributed by atoms with van der Waals surface area (Å²) in [6, 6.07) is 17.0. The number of hydrogen-bond acceptors (Lipinski definition) is 4. The van der Waals surface area contributed by atoms with Crippen molar-refractivity contribution < 1.29 is 9.53 Å². The molecule has 0 bridgehead atoms. The summed E-state index contributed by atoms with van der Waals surface area (Å²) in [5.41, 5.74) is 1.60. The summed E-state index contributed by atoms with van der Waals surface area (Å²) < 4.78 is 5.12. The number of anilines is 1. The molecule has 21 heavy (non-hydrogen) atoms. The van der Waals surface area contributed by atoms with Gasteiger partial charge in [0.15, 0.2) is 6.61 Å². The van der Waals surface area contributed by atoms with E-state index in [1.165, 1.54) is 0 Å². The maximum Gasteiger partial charge on any atom is 0.255 e. The predicted molar refractivity (Wildman–Crippen MR) is 76.7 cm³/mol. The van der Waals surface area contributed by atoms with Gasteiger partial charge in [0.2, 0.25) is 0 Å². The summed E-state index contributed by atoms with van der Waals surface area (Å²) in [5.74, 6) is 0.304. The summed E-state index contributed by atoms with van der Waals surface area (Å²) in [6.45, 7) is -0.0169. The highest BCUT2D eigenvalue weighted by molar-refractivity contribution is 6.04. The van der Waals surface area contributed by atoms with E-state index in [0.717, 1.165) is 0 Å². The van der Waals surface area contributed by atoms with E-state index < -0.39 is 0 Å². The molecule has 0 atom stereocenters. The van der Waals surface area contributed by atoms with Crippen molar-refractivity contribution in [2.45, 2.75) is 0 Å². The number of nitrogens with zero attached hydrogens (tertiary/aromatic N) is 2. The van der Waals surface area contributed by atoms with Gasteiger partial charge in [-0.05, 0) is 48.5 Å². The maximum absolute atomic E-state index is 12.0. The van der Waals surface area contributed by atoms with Crippen molar-refractivity contribution in [3.05, 3.63) is 59.7 Å². The van der Waals surface area contributed by atoms with E-state index >= 15 is 0 Å². The molecule has 1 amide bonds. The monoisotopic (exact) mass is 277 g/mol. The van der Waals surface area contributed by atoms with Crippen LogP contribution in [0.4, 0.5) is 5.69 Å². The first-order chi connectivity index (χ1) is 10.2. The van der Waals surface area contributed by atoms with Crippen LogP contribution in [0.15, 0.2) is 48.5 Å². The Morgan fingerprint density at radius 3 is 2.29 bits per heavy atom. The number of rotatable bonds is 4. The third-order valence-corrected chi connectivity index (χ3v) is 2.69. The number of nitrogens with one attached hydrogen (secondary N) is 1. The zero-order valence-corrected chi connectivity index (χ0v) is 11.0. The number of ether oxygens (including phenoxy) is 1. The van der Waals surface area contributed by atoms with E-state index in [1.807, 2.05) is 12.1 Å². The molecule has 0 heterocycles. The minimum atomic E-state index is -0.259. The third-order valence-electron chi connectivity index (χ3n) is 2.69. The largest absolute Gasteiger partial charge is 0.479 e. The van der Waals surface area contributed by atoms with Gasteiger partial charge in [-0.2, -0.15) is 10.5 Å². The Labute approximate surface area is 122 Å². The van der Waals surface area contributed by atoms with Crippen LogP contribution < -0.4 is 10.1 Å². The summed E-state index contributed by atoms with van der Waals surface area (Å²) in [6.07, 6.45) is 0. The van der Waals surface area contributed by atoms with Crippen LogP contribution in [0, 0.1) is 22.7 Å². The van der Waals surface area contributed by atoms with Crippen molar-refractivity contribution in [1.29, 1.82) is 10.5 Å². The Kier molecular flexibility index (Phi) is 4.53. The minimum Gasteiger partial charge on any atom is -0.479 e. The van der Waals surface area contributed by atoms with E-state index in [1.54, 1.807) is 48.5 Å². The van der Waals surface area contributed by atoms with Crippen molar-refractivity contribution in [2.24, 2.45) is 0 Å². The Bertz CT molecular complexity index is 707. The molecule has 0 saturated carbocycles. The van der Waals surface area contributed by atoms with E-state index in [2.05, 4.69) is 5.32 Å². The first kappa shape index (κ1) is 14.1. The Morgan fingerprint density at radius 2 is 1.71 bits per heavy atom. The van der Waals surface area contributed by atoms with Gasteiger partial charge < -0.3 is 10.1 Å². The van der Waals surface area contributed by atoms with Crippen LogP contribution in [0.25, 0.3) is 0 Å². The van der Waals surface area contributed by atoms with Gasteiger partial charge in [-0.3, -0.25) is 4.79 Å². The van der Waals surface area contributed by atoms with Gasteiger partial charge in [-0.25, -0.2) is 0 Å². The summed E-state index contributed by atoms with van der Waals surface area (Å²) in [4.78, 5) is 12.0. The van der Waals surface area contributed by atoms with Crippen molar-refractivity contribution in [2.75, 3.05) is 11.9 Å². The first-order valence-corrected chi connectivity index (χ1v) is 6.14. The maximum atomic E-state index is 12.0. The Balaban J connectivity index is 2.02. The first-order valence-electron chi connectivity index (χ1n) is 6.14. The van der Waals surface area contributed by atoms with Crippen LogP contribution >= 0.6 is 0 Å². The molecule has 0 aliphatic heterocycles. The molecular weight excluding hydrogens is 266 g/mol. The van der Waals surface area contributed by atoms with Gasteiger partial charge in [0, 0.05) is 11.3 Å². The molecular formula is C16H11N3O2. The zero-order valence-electron chi connectivity index (χ0n) is 11.0. The van der Waals surface area contributed by atoms with Crippen LogP contribution in [0.1, 0.15) is 15.9 Å². The van der Waals surface area contributed by atoms with Gasteiger partial charge in [-0.15, -0.1) is 0 Å². The number of carbonyl (C=O) groups is 1. The molecule has 5 heteroatoms. The van der Waals surface area contributed by atoms with Gasteiger partial charge in [0.1, 0.15) is 11.8 Å². The molecule has 0 saturated heterocycles. The smallest absolute Gasteiger partial charge is 0.255 e. The number of benzene rings is 2. The average molecular weight is 277 g/mol. The molecule has 0 fully saturated rings. The lowest BCUT2D eigenvalue weighted by Gasteiger charge is -2.06. The molecule has 102 valence electrons. The van der Waals surface area contributed by atoms with E-state index in [9.17, 15) is 4.79 Å². The molecule has 2 rings (SSSR count). The molecule has 2 aromatic rings. The molecule has 5 nitrogen and oxygen atoms in total. The van der Waals surface area contributed by atoms with Crippen LogP contribution in [0.3, 0.4) is 0 Å². The second-order valence-electron chi connectivity index (χ2n) is 4.11. The number of nitriles is 2. The normalized spacial score (nSPS) is 9.24. The van der Waals surface area contributed by atoms with Gasteiger partial charge in [0.25, 0.3) is 5.91 Å². The summed E-state index contributed by atoms with van der Waals surface area (Å²) in [7, 11) is 0. The van der Waals surface area contributed by atoms with Gasteiger partial charge >= 0.3 is 0 Å². The highest BCUT2D eigenvalue weighted by Crippen LogP contribution is 2.16. The lowest BCUT2D eigenvalue weighted by Crippen LogP contribution is -2.11. The quantitative estimate of drug-likeness (QED) is 0.930. The zero-order chi connectivity index (χ0) is 15.1. The third kappa shape index (κ3) is 3.82.